The van der Waals surface area contributed by atoms with Gasteiger partial charge in [-0.25, -0.2) is 0 Å². The van der Waals surface area contributed by atoms with E-state index in [4.69, 9.17) is 5.11 Å². The van der Waals surface area contributed by atoms with Crippen LogP contribution in [0.1, 0.15) is 18.4 Å². The second kappa shape index (κ2) is 8.60. The van der Waals surface area contributed by atoms with E-state index < -0.39 is 0 Å². The van der Waals surface area contributed by atoms with Crippen LogP contribution in [-0.4, -0.2) is 60.1 Å². The summed E-state index contributed by atoms with van der Waals surface area (Å²) in [6, 6.07) is 10.3. The Balaban J connectivity index is 1.69. The summed E-state index contributed by atoms with van der Waals surface area (Å²) >= 11 is 0. The Morgan fingerprint density at radius 1 is 1.14 bits per heavy atom. The Hall–Kier alpha value is -1.65. The van der Waals surface area contributed by atoms with Crippen LogP contribution in [0.15, 0.2) is 36.4 Å². The number of aliphatic hydroxyl groups excluding tert-OH is 1. The number of aliphatic hydroxyl groups is 1. The summed E-state index contributed by atoms with van der Waals surface area (Å²) in [6.45, 7) is 4.45. The molecule has 2 rings (SSSR count). The molecule has 0 aromatic heterocycles. The highest BCUT2D eigenvalue weighted by atomic mass is 16.3. The predicted molar refractivity (Wildman–Crippen MR) is 84.8 cm³/mol. The van der Waals surface area contributed by atoms with Crippen molar-refractivity contribution in [2.75, 3.05) is 39.3 Å². The number of piperazine rings is 1. The molecule has 0 unspecified atom stereocenters. The van der Waals surface area contributed by atoms with Gasteiger partial charge in [0.2, 0.25) is 5.91 Å². The molecule has 4 nitrogen and oxygen atoms in total. The fourth-order valence-electron chi connectivity index (χ4n) is 2.47. The molecule has 1 saturated heterocycles. The van der Waals surface area contributed by atoms with Gasteiger partial charge in [0.25, 0.3) is 0 Å². The van der Waals surface area contributed by atoms with Gasteiger partial charge >= 0.3 is 0 Å². The molecule has 1 fully saturated rings. The molecule has 0 bridgehead atoms. The second-order valence-electron chi connectivity index (χ2n) is 5.32. The van der Waals surface area contributed by atoms with Crippen molar-refractivity contribution in [1.82, 2.24) is 9.80 Å². The second-order valence-corrected chi connectivity index (χ2v) is 5.32. The Bertz CT molecular complexity index is 451. The van der Waals surface area contributed by atoms with Crippen LogP contribution in [0.25, 0.3) is 6.08 Å². The molecule has 0 saturated carbocycles. The number of nitrogens with zero attached hydrogens (tertiary/aromatic N) is 2. The van der Waals surface area contributed by atoms with Crippen molar-refractivity contribution in [3.8, 4) is 0 Å². The molecule has 0 atom stereocenters. The van der Waals surface area contributed by atoms with Gasteiger partial charge in [-0.1, -0.05) is 42.5 Å². The van der Waals surface area contributed by atoms with Gasteiger partial charge in [0.1, 0.15) is 0 Å². The van der Waals surface area contributed by atoms with Crippen molar-refractivity contribution in [3.05, 3.63) is 42.0 Å². The highest BCUT2D eigenvalue weighted by Crippen LogP contribution is 2.06. The summed E-state index contributed by atoms with van der Waals surface area (Å²) < 4.78 is 0. The number of hydrogen-bond donors (Lipinski definition) is 1. The zero-order chi connectivity index (χ0) is 14.9. The Labute approximate surface area is 126 Å². The maximum atomic E-state index is 11.8. The average Bonchev–Trinajstić information content (AvgIpc) is 2.54. The highest BCUT2D eigenvalue weighted by molar-refractivity contribution is 5.76. The summed E-state index contributed by atoms with van der Waals surface area (Å²) in [5.74, 6) is 0.170. The molecule has 1 aromatic rings. The third kappa shape index (κ3) is 5.33. The van der Waals surface area contributed by atoms with Crippen molar-refractivity contribution < 1.29 is 9.90 Å². The minimum Gasteiger partial charge on any atom is -0.396 e. The molecule has 114 valence electrons. The monoisotopic (exact) mass is 288 g/mol. The molecule has 4 heteroatoms. The zero-order valence-corrected chi connectivity index (χ0v) is 12.4. The predicted octanol–water partition coefficient (Wildman–Crippen LogP) is 1.62. The Kier molecular flexibility index (Phi) is 6.44. The highest BCUT2D eigenvalue weighted by Gasteiger charge is 2.19. The Morgan fingerprint density at radius 3 is 2.52 bits per heavy atom. The summed E-state index contributed by atoms with van der Waals surface area (Å²) in [4.78, 5) is 16.1. The van der Waals surface area contributed by atoms with Gasteiger partial charge in [-0.3, -0.25) is 9.69 Å². The lowest BCUT2D eigenvalue weighted by Crippen LogP contribution is -2.48. The average molecular weight is 288 g/mol. The van der Waals surface area contributed by atoms with E-state index in [0.717, 1.165) is 32.7 Å². The minimum atomic E-state index is 0.0932. The quantitative estimate of drug-likeness (QED) is 0.865. The first-order valence-electron chi connectivity index (χ1n) is 7.62. The number of carbonyl (C=O) groups excluding carboxylic acids is 1. The maximum Gasteiger partial charge on any atom is 0.222 e. The number of carbonyl (C=O) groups is 1. The number of rotatable bonds is 6. The van der Waals surface area contributed by atoms with E-state index >= 15 is 0 Å². The summed E-state index contributed by atoms with van der Waals surface area (Å²) in [5, 5.41) is 8.76. The molecule has 1 aromatic carbocycles. The van der Waals surface area contributed by atoms with Gasteiger partial charge in [0, 0.05) is 45.8 Å². The van der Waals surface area contributed by atoms with Crippen molar-refractivity contribution in [2.45, 2.75) is 12.8 Å². The number of benzene rings is 1. The molecule has 1 N–H and O–H groups in total. The van der Waals surface area contributed by atoms with Crippen LogP contribution >= 0.6 is 0 Å². The molecule has 1 aliphatic rings. The molecular formula is C17H24N2O2. The molecule has 0 aliphatic carbocycles. The van der Waals surface area contributed by atoms with Crippen LogP contribution in [0, 0.1) is 0 Å². The van der Waals surface area contributed by atoms with Crippen LogP contribution < -0.4 is 0 Å². The van der Waals surface area contributed by atoms with Crippen molar-refractivity contribution >= 4 is 12.0 Å². The van der Waals surface area contributed by atoms with E-state index in [9.17, 15) is 4.79 Å². The third-order valence-electron chi connectivity index (χ3n) is 3.75. The van der Waals surface area contributed by atoms with E-state index in [-0.39, 0.29) is 12.5 Å². The molecule has 1 aliphatic heterocycles. The maximum absolute atomic E-state index is 11.8. The lowest BCUT2D eigenvalue weighted by Gasteiger charge is -2.34. The molecular weight excluding hydrogens is 264 g/mol. The van der Waals surface area contributed by atoms with Gasteiger partial charge in [0.15, 0.2) is 0 Å². The largest absolute Gasteiger partial charge is 0.396 e. The van der Waals surface area contributed by atoms with Crippen LogP contribution in [-0.2, 0) is 4.79 Å². The first kappa shape index (κ1) is 15.7. The molecule has 1 heterocycles. The van der Waals surface area contributed by atoms with Crippen molar-refractivity contribution in [1.29, 1.82) is 0 Å². The van der Waals surface area contributed by atoms with E-state index in [2.05, 4.69) is 29.2 Å². The van der Waals surface area contributed by atoms with Crippen molar-refractivity contribution in [2.24, 2.45) is 0 Å². The Morgan fingerprint density at radius 2 is 1.86 bits per heavy atom. The van der Waals surface area contributed by atoms with Gasteiger partial charge in [0.05, 0.1) is 0 Å². The fraction of sp³-hybridized carbons (Fsp3) is 0.471. The minimum absolute atomic E-state index is 0.0932. The molecule has 0 spiro atoms. The normalized spacial score (nSPS) is 16.5. The SMILES string of the molecule is O=C(CCCO)N1CCN(CC=Cc2ccccc2)CC1. The first-order chi connectivity index (χ1) is 10.3. The van der Waals surface area contributed by atoms with Crippen LogP contribution in [0.2, 0.25) is 0 Å². The standard InChI is InChI=1S/C17H24N2O2/c20-15-5-9-17(21)19-13-11-18(12-14-19)10-4-8-16-6-2-1-3-7-16/h1-4,6-8,20H,5,9-15H2. The van der Waals surface area contributed by atoms with Crippen LogP contribution in [0.3, 0.4) is 0 Å². The zero-order valence-electron chi connectivity index (χ0n) is 12.4. The fourth-order valence-corrected chi connectivity index (χ4v) is 2.47. The summed E-state index contributed by atoms with van der Waals surface area (Å²) in [7, 11) is 0. The lowest BCUT2D eigenvalue weighted by molar-refractivity contribution is -0.133. The lowest BCUT2D eigenvalue weighted by atomic mass is 10.2. The van der Waals surface area contributed by atoms with E-state index in [1.807, 2.05) is 23.1 Å². The third-order valence-corrected chi connectivity index (χ3v) is 3.75. The van der Waals surface area contributed by atoms with Gasteiger partial charge in [-0.05, 0) is 12.0 Å². The molecule has 0 radical (unpaired) electrons. The summed E-state index contributed by atoms with van der Waals surface area (Å²) in [5.41, 5.74) is 1.22. The molecule has 21 heavy (non-hydrogen) atoms. The summed E-state index contributed by atoms with van der Waals surface area (Å²) in [6.07, 6.45) is 5.35. The van der Waals surface area contributed by atoms with Gasteiger partial charge < -0.3 is 10.0 Å². The van der Waals surface area contributed by atoms with E-state index in [0.29, 0.717) is 12.8 Å². The van der Waals surface area contributed by atoms with Gasteiger partial charge in [-0.2, -0.15) is 0 Å². The molecule has 1 amide bonds. The van der Waals surface area contributed by atoms with Gasteiger partial charge in [-0.15, -0.1) is 0 Å². The van der Waals surface area contributed by atoms with Crippen LogP contribution in [0.4, 0.5) is 0 Å². The first-order valence-corrected chi connectivity index (χ1v) is 7.62. The van der Waals surface area contributed by atoms with E-state index in [1.165, 1.54) is 5.56 Å². The number of hydrogen-bond acceptors (Lipinski definition) is 3. The van der Waals surface area contributed by atoms with Crippen molar-refractivity contribution in [3.63, 3.8) is 0 Å². The smallest absolute Gasteiger partial charge is 0.222 e. The number of amides is 1. The van der Waals surface area contributed by atoms with Crippen LogP contribution in [0.5, 0.6) is 0 Å². The van der Waals surface area contributed by atoms with E-state index in [1.54, 1.807) is 0 Å². The topological polar surface area (TPSA) is 43.8 Å².